The van der Waals surface area contributed by atoms with Crippen LogP contribution in [0.1, 0.15) is 12.8 Å². The number of sulfonamides is 1. The molecule has 0 radical (unpaired) electrons. The smallest absolute Gasteiger partial charge is 0.322 e. The Morgan fingerprint density at radius 3 is 2.76 bits per heavy atom. The lowest BCUT2D eigenvalue weighted by Crippen LogP contribution is -2.40. The number of benzene rings is 1. The van der Waals surface area contributed by atoms with Crippen LogP contribution in [-0.2, 0) is 14.8 Å². The summed E-state index contributed by atoms with van der Waals surface area (Å²) in [5.74, 6) is -0.814. The lowest BCUT2D eigenvalue weighted by molar-refractivity contribution is -0.140. The van der Waals surface area contributed by atoms with Gasteiger partial charge in [0.05, 0.1) is 17.0 Å². The molecule has 0 bridgehead atoms. The van der Waals surface area contributed by atoms with Gasteiger partial charge in [-0.05, 0) is 40.9 Å². The number of methoxy groups -OCH3 is 1. The third kappa shape index (κ3) is 3.03. The number of halogens is 2. The molecule has 0 aliphatic carbocycles. The van der Waals surface area contributed by atoms with Crippen molar-refractivity contribution in [3.63, 3.8) is 0 Å². The average Bonchev–Trinajstić information content (AvgIpc) is 2.91. The van der Waals surface area contributed by atoms with E-state index in [2.05, 4.69) is 15.9 Å². The molecule has 116 valence electrons. The van der Waals surface area contributed by atoms with E-state index in [0.29, 0.717) is 18.6 Å². The number of aliphatic carboxylic acids is 1. The van der Waals surface area contributed by atoms with Crippen LogP contribution in [-0.4, -0.2) is 43.5 Å². The molecule has 0 aromatic heterocycles. The van der Waals surface area contributed by atoms with E-state index in [4.69, 9.17) is 21.4 Å². The Balaban J connectivity index is 2.49. The van der Waals surface area contributed by atoms with Crippen molar-refractivity contribution in [3.8, 4) is 5.75 Å². The molecule has 1 N–H and O–H groups in total. The second-order valence-electron chi connectivity index (χ2n) is 4.53. The van der Waals surface area contributed by atoms with Gasteiger partial charge >= 0.3 is 5.97 Å². The van der Waals surface area contributed by atoms with Crippen LogP contribution in [0.15, 0.2) is 21.5 Å². The number of carbonyl (C=O) groups is 1. The molecule has 1 aliphatic heterocycles. The maximum atomic E-state index is 12.7. The van der Waals surface area contributed by atoms with E-state index in [1.807, 2.05) is 0 Å². The highest BCUT2D eigenvalue weighted by Crippen LogP contribution is 2.36. The number of rotatable bonds is 4. The molecule has 1 aromatic rings. The predicted molar refractivity (Wildman–Crippen MR) is 80.3 cm³/mol. The monoisotopic (exact) mass is 397 g/mol. The molecule has 0 spiro atoms. The molecule has 0 amide bonds. The van der Waals surface area contributed by atoms with E-state index in [1.54, 1.807) is 0 Å². The minimum absolute atomic E-state index is 0.0681. The maximum Gasteiger partial charge on any atom is 0.322 e. The molecule has 2 rings (SSSR count). The van der Waals surface area contributed by atoms with Gasteiger partial charge in [-0.2, -0.15) is 4.31 Å². The van der Waals surface area contributed by atoms with Crippen LogP contribution >= 0.6 is 27.5 Å². The van der Waals surface area contributed by atoms with Gasteiger partial charge in [0.15, 0.2) is 0 Å². The first-order valence-electron chi connectivity index (χ1n) is 6.06. The Morgan fingerprint density at radius 2 is 2.19 bits per heavy atom. The summed E-state index contributed by atoms with van der Waals surface area (Å²) in [7, 11) is -2.53. The summed E-state index contributed by atoms with van der Waals surface area (Å²) in [5, 5.41) is 9.28. The van der Waals surface area contributed by atoms with E-state index < -0.39 is 22.0 Å². The molecular formula is C12H13BrClNO5S. The standard InChI is InChI=1S/C12H13BrClNO5S/c1-20-10-5-7(13)11(6-8(10)14)21(18,19)15-4-2-3-9(15)12(16)17/h5-6,9H,2-4H2,1H3,(H,16,17). The Hall–Kier alpha value is -0.830. The largest absolute Gasteiger partial charge is 0.495 e. The minimum atomic E-state index is -3.95. The van der Waals surface area contributed by atoms with Gasteiger partial charge in [0, 0.05) is 11.0 Å². The summed E-state index contributed by atoms with van der Waals surface area (Å²) < 4.78 is 31.6. The van der Waals surface area contributed by atoms with E-state index in [0.717, 1.165) is 4.31 Å². The summed E-state index contributed by atoms with van der Waals surface area (Å²) in [6.07, 6.45) is 0.813. The van der Waals surface area contributed by atoms with Gasteiger partial charge in [0.2, 0.25) is 10.0 Å². The Morgan fingerprint density at radius 1 is 1.52 bits per heavy atom. The molecule has 1 saturated heterocycles. The van der Waals surface area contributed by atoms with Crippen LogP contribution in [0.5, 0.6) is 5.75 Å². The Kier molecular flexibility index (Phi) is 4.82. The first-order valence-corrected chi connectivity index (χ1v) is 8.68. The maximum absolute atomic E-state index is 12.7. The highest BCUT2D eigenvalue weighted by molar-refractivity contribution is 9.10. The van der Waals surface area contributed by atoms with Crippen molar-refractivity contribution in [1.82, 2.24) is 4.31 Å². The summed E-state index contributed by atoms with van der Waals surface area (Å²) in [6.45, 7) is 0.176. The Labute approximate surface area is 135 Å². The summed E-state index contributed by atoms with van der Waals surface area (Å²) >= 11 is 9.14. The van der Waals surface area contributed by atoms with Gasteiger partial charge in [0.1, 0.15) is 11.8 Å². The molecule has 1 aromatic carbocycles. The molecule has 0 saturated carbocycles. The first-order chi connectivity index (χ1) is 9.78. The van der Waals surface area contributed by atoms with E-state index in [-0.39, 0.29) is 20.9 Å². The molecule has 1 aliphatic rings. The number of ether oxygens (including phenoxy) is 1. The topological polar surface area (TPSA) is 83.9 Å². The fraction of sp³-hybridized carbons (Fsp3) is 0.417. The van der Waals surface area contributed by atoms with Crippen molar-refractivity contribution < 1.29 is 23.1 Å². The summed E-state index contributed by atoms with van der Waals surface area (Å²) in [5.41, 5.74) is 0. The average molecular weight is 399 g/mol. The summed E-state index contributed by atoms with van der Waals surface area (Å²) in [4.78, 5) is 11.1. The van der Waals surface area contributed by atoms with Crippen molar-refractivity contribution in [1.29, 1.82) is 0 Å². The number of carboxylic acids is 1. The lowest BCUT2D eigenvalue weighted by atomic mass is 10.2. The van der Waals surface area contributed by atoms with Gasteiger partial charge < -0.3 is 9.84 Å². The van der Waals surface area contributed by atoms with Gasteiger partial charge in [-0.3, -0.25) is 4.79 Å². The second kappa shape index (κ2) is 6.12. The summed E-state index contributed by atoms with van der Waals surface area (Å²) in [6, 6.07) is 1.67. The third-order valence-corrected chi connectivity index (χ3v) is 6.44. The SMILES string of the molecule is COc1cc(Br)c(S(=O)(=O)N2CCCC2C(=O)O)cc1Cl. The normalized spacial score (nSPS) is 19.7. The van der Waals surface area contributed by atoms with Crippen molar-refractivity contribution in [2.24, 2.45) is 0 Å². The van der Waals surface area contributed by atoms with Crippen LogP contribution in [0.4, 0.5) is 0 Å². The number of hydrogen-bond acceptors (Lipinski definition) is 4. The van der Waals surface area contributed by atoms with Crippen LogP contribution in [0.2, 0.25) is 5.02 Å². The molecule has 1 atom stereocenters. The molecular weight excluding hydrogens is 386 g/mol. The third-order valence-electron chi connectivity index (χ3n) is 3.28. The highest BCUT2D eigenvalue weighted by atomic mass is 79.9. The zero-order valence-electron chi connectivity index (χ0n) is 11.0. The number of hydrogen-bond donors (Lipinski definition) is 1. The molecule has 1 unspecified atom stereocenters. The molecule has 6 nitrogen and oxygen atoms in total. The fourth-order valence-electron chi connectivity index (χ4n) is 2.27. The second-order valence-corrected chi connectivity index (χ2v) is 7.65. The molecule has 1 heterocycles. The van der Waals surface area contributed by atoms with E-state index >= 15 is 0 Å². The molecule has 9 heteroatoms. The van der Waals surface area contributed by atoms with Crippen LogP contribution in [0.25, 0.3) is 0 Å². The fourth-order valence-corrected chi connectivity index (χ4v) is 5.23. The van der Waals surface area contributed by atoms with Gasteiger partial charge in [-0.1, -0.05) is 11.6 Å². The van der Waals surface area contributed by atoms with Crippen LogP contribution in [0.3, 0.4) is 0 Å². The van der Waals surface area contributed by atoms with Crippen LogP contribution < -0.4 is 4.74 Å². The minimum Gasteiger partial charge on any atom is -0.495 e. The molecule has 21 heavy (non-hydrogen) atoms. The zero-order chi connectivity index (χ0) is 15.8. The Bertz CT molecular complexity index is 678. The first kappa shape index (κ1) is 16.5. The van der Waals surface area contributed by atoms with Crippen molar-refractivity contribution in [2.45, 2.75) is 23.8 Å². The van der Waals surface area contributed by atoms with E-state index in [9.17, 15) is 13.2 Å². The number of carboxylic acid groups (broad SMARTS) is 1. The quantitative estimate of drug-likeness (QED) is 0.841. The van der Waals surface area contributed by atoms with E-state index in [1.165, 1.54) is 19.2 Å². The van der Waals surface area contributed by atoms with Crippen molar-refractivity contribution >= 4 is 43.5 Å². The predicted octanol–water partition coefficient (Wildman–Crippen LogP) is 2.35. The van der Waals surface area contributed by atoms with Gasteiger partial charge in [-0.25, -0.2) is 8.42 Å². The van der Waals surface area contributed by atoms with Crippen LogP contribution in [0, 0.1) is 0 Å². The number of nitrogens with zero attached hydrogens (tertiary/aromatic N) is 1. The zero-order valence-corrected chi connectivity index (χ0v) is 14.2. The molecule has 1 fully saturated rings. The van der Waals surface area contributed by atoms with Gasteiger partial charge in [-0.15, -0.1) is 0 Å². The van der Waals surface area contributed by atoms with Crippen molar-refractivity contribution in [2.75, 3.05) is 13.7 Å². The van der Waals surface area contributed by atoms with Crippen molar-refractivity contribution in [3.05, 3.63) is 21.6 Å². The van der Waals surface area contributed by atoms with Gasteiger partial charge in [0.25, 0.3) is 0 Å². The lowest BCUT2D eigenvalue weighted by Gasteiger charge is -2.22. The highest BCUT2D eigenvalue weighted by Gasteiger charge is 2.40.